The highest BCUT2D eigenvalue weighted by molar-refractivity contribution is 7.47. The van der Waals surface area contributed by atoms with E-state index < -0.39 is 25.9 Å². The molecule has 2 N–H and O–H groups in total. The van der Waals surface area contributed by atoms with Crippen LogP contribution in [0.5, 0.6) is 0 Å². The van der Waals surface area contributed by atoms with E-state index in [2.05, 4.69) is 80.8 Å². The van der Waals surface area contributed by atoms with E-state index in [4.69, 9.17) is 13.8 Å². The van der Waals surface area contributed by atoms with E-state index >= 15 is 0 Å². The van der Waals surface area contributed by atoms with Crippen molar-refractivity contribution in [2.75, 3.05) is 40.9 Å². The normalized spacial score (nSPS) is 14.4. The zero-order valence-corrected chi connectivity index (χ0v) is 46.4. The van der Waals surface area contributed by atoms with Crippen LogP contribution in [-0.4, -0.2) is 74.3 Å². The molecule has 10 heteroatoms. The highest BCUT2D eigenvalue weighted by Gasteiger charge is 2.30. The van der Waals surface area contributed by atoms with E-state index in [0.29, 0.717) is 30.3 Å². The third-order valence-electron chi connectivity index (χ3n) is 12.1. The number of quaternary nitrogens is 1. The molecule has 0 fully saturated rings. The number of nitrogens with one attached hydrogen (secondary N) is 1. The van der Waals surface area contributed by atoms with Gasteiger partial charge >= 0.3 is 13.8 Å². The molecule has 400 valence electrons. The molecule has 0 rings (SSSR count). The van der Waals surface area contributed by atoms with Crippen molar-refractivity contribution in [2.24, 2.45) is 0 Å². The molecule has 3 atom stereocenters. The number of rotatable bonds is 50. The lowest BCUT2D eigenvalue weighted by Gasteiger charge is -2.27. The number of allylic oxidation sites excluding steroid dienone is 11. The fourth-order valence-corrected chi connectivity index (χ4v) is 8.44. The van der Waals surface area contributed by atoms with Gasteiger partial charge in [-0.05, 0) is 89.5 Å². The van der Waals surface area contributed by atoms with Gasteiger partial charge in [0.1, 0.15) is 19.3 Å². The first kappa shape index (κ1) is 66.5. The van der Waals surface area contributed by atoms with Gasteiger partial charge in [-0.3, -0.25) is 18.6 Å². The summed E-state index contributed by atoms with van der Waals surface area (Å²) in [6.45, 7) is 6.91. The summed E-state index contributed by atoms with van der Waals surface area (Å²) in [5, 5.41) is 3.02. The van der Waals surface area contributed by atoms with Crippen LogP contribution >= 0.6 is 7.82 Å². The first-order chi connectivity index (χ1) is 33.4. The van der Waals surface area contributed by atoms with Crippen molar-refractivity contribution in [2.45, 2.75) is 251 Å². The molecule has 0 heterocycles. The Morgan fingerprint density at radius 1 is 0.507 bits per heavy atom. The number of ether oxygens (including phenoxy) is 1. The molecule has 0 aromatic heterocycles. The van der Waals surface area contributed by atoms with Gasteiger partial charge in [0.15, 0.2) is 0 Å². The van der Waals surface area contributed by atoms with Crippen LogP contribution in [0.3, 0.4) is 0 Å². The average Bonchev–Trinajstić information content (AvgIpc) is 3.31. The molecule has 3 unspecified atom stereocenters. The fraction of sp³-hybridized carbons (Fsp3) is 0.763. The molecule has 1 amide bonds. The molecular formula is C59H108N2O7P+. The Morgan fingerprint density at radius 3 is 1.38 bits per heavy atom. The third kappa shape index (κ3) is 50.2. The smallest absolute Gasteiger partial charge is 0.456 e. The van der Waals surface area contributed by atoms with Crippen LogP contribution in [0.25, 0.3) is 0 Å². The number of hydrogen-bond donors (Lipinski definition) is 2. The van der Waals surface area contributed by atoms with Crippen LogP contribution < -0.4 is 5.32 Å². The van der Waals surface area contributed by atoms with Crippen molar-refractivity contribution < 1.29 is 37.3 Å². The van der Waals surface area contributed by atoms with Crippen molar-refractivity contribution in [1.29, 1.82) is 0 Å². The van der Waals surface area contributed by atoms with E-state index in [1.165, 1.54) is 122 Å². The second kappa shape index (κ2) is 49.0. The number of carbonyl (C=O) groups excluding carboxylic acids is 2. The summed E-state index contributed by atoms with van der Waals surface area (Å²) < 4.78 is 30.5. The Kier molecular flexibility index (Phi) is 47.2. The van der Waals surface area contributed by atoms with Crippen LogP contribution in [0.15, 0.2) is 72.9 Å². The monoisotopic (exact) mass is 988 g/mol. The number of hydrogen-bond acceptors (Lipinski definition) is 6. The van der Waals surface area contributed by atoms with Crippen LogP contribution in [-0.2, 0) is 27.9 Å². The molecule has 0 saturated carbocycles. The number of amides is 1. The standard InChI is InChI=1S/C59H107N2O7P/c1-7-10-13-16-19-22-25-28-29-30-31-34-36-39-42-45-48-51-58(62)60-56(55-67-69(64,65)66-54-53-61(4,5)6)57(50-47-44-41-38-35-32-26-23-20-17-14-11-8-2)68-59(63)52-49-46-43-40-37-33-27-24-21-18-15-12-9-3/h19,22,28-29,31,33-34,37,43,46-47,50,56-57H,7-18,20-21,23-27,30,32,35-36,38-42,44-45,48-49,51-55H2,1-6H3,(H-,60,62,64,65)/p+1/b22-19-,29-28-,34-31-,37-33-,46-43+,50-47-. The number of nitrogens with zero attached hydrogens (tertiary/aromatic N) is 1. The lowest BCUT2D eigenvalue weighted by atomic mass is 10.0. The second-order valence-corrected chi connectivity index (χ2v) is 21.6. The quantitative estimate of drug-likeness (QED) is 0.0205. The lowest BCUT2D eigenvalue weighted by molar-refractivity contribution is -0.870. The Labute approximate surface area is 425 Å². The first-order valence-corrected chi connectivity index (χ1v) is 29.8. The largest absolute Gasteiger partial charge is 0.472 e. The summed E-state index contributed by atoms with van der Waals surface area (Å²) in [5.74, 6) is -0.610. The first-order valence-electron chi connectivity index (χ1n) is 28.3. The van der Waals surface area contributed by atoms with Crippen LogP contribution in [0.2, 0.25) is 0 Å². The summed E-state index contributed by atoms with van der Waals surface area (Å²) >= 11 is 0. The minimum Gasteiger partial charge on any atom is -0.456 e. The number of unbranched alkanes of at least 4 members (excludes halogenated alkanes) is 24. The summed E-state index contributed by atoms with van der Waals surface area (Å²) in [6.07, 6.45) is 61.9. The highest BCUT2D eigenvalue weighted by Crippen LogP contribution is 2.43. The van der Waals surface area contributed by atoms with E-state index in [9.17, 15) is 19.0 Å². The minimum atomic E-state index is -4.46. The van der Waals surface area contributed by atoms with Gasteiger partial charge in [-0.25, -0.2) is 4.57 Å². The lowest BCUT2D eigenvalue weighted by Crippen LogP contribution is -2.47. The Bertz CT molecular complexity index is 1420. The minimum absolute atomic E-state index is 0.0258. The van der Waals surface area contributed by atoms with Crippen LogP contribution in [0.4, 0.5) is 0 Å². The van der Waals surface area contributed by atoms with Gasteiger partial charge in [-0.2, -0.15) is 0 Å². The van der Waals surface area contributed by atoms with Crippen molar-refractivity contribution >= 4 is 19.7 Å². The summed E-state index contributed by atoms with van der Waals surface area (Å²) in [5.41, 5.74) is 0. The van der Waals surface area contributed by atoms with Gasteiger partial charge < -0.3 is 19.4 Å². The molecule has 0 bridgehead atoms. The summed E-state index contributed by atoms with van der Waals surface area (Å²) in [6, 6.07) is -0.883. The maximum atomic E-state index is 13.5. The van der Waals surface area contributed by atoms with Crippen LogP contribution in [0.1, 0.15) is 239 Å². The summed E-state index contributed by atoms with van der Waals surface area (Å²) in [7, 11) is 1.45. The molecule has 0 aliphatic heterocycles. The fourth-order valence-electron chi connectivity index (χ4n) is 7.70. The Hall–Kier alpha value is -2.55. The van der Waals surface area contributed by atoms with Gasteiger partial charge in [0, 0.05) is 12.8 Å². The highest BCUT2D eigenvalue weighted by atomic mass is 31.2. The number of carbonyl (C=O) groups is 2. The Balaban J connectivity index is 5.50. The van der Waals surface area contributed by atoms with E-state index in [0.717, 1.165) is 70.6 Å². The molecule has 0 spiro atoms. The maximum absolute atomic E-state index is 13.5. The third-order valence-corrected chi connectivity index (χ3v) is 13.1. The van der Waals surface area contributed by atoms with E-state index in [1.807, 2.05) is 39.4 Å². The van der Waals surface area contributed by atoms with Crippen molar-refractivity contribution in [3.8, 4) is 0 Å². The number of esters is 1. The van der Waals surface area contributed by atoms with Gasteiger partial charge in [-0.1, -0.05) is 210 Å². The molecule has 0 aliphatic rings. The number of phosphoric ester groups is 1. The number of phosphoric acid groups is 1. The van der Waals surface area contributed by atoms with Crippen molar-refractivity contribution in [3.05, 3.63) is 72.9 Å². The predicted molar refractivity (Wildman–Crippen MR) is 295 cm³/mol. The topological polar surface area (TPSA) is 111 Å². The molecular weight excluding hydrogens is 880 g/mol. The zero-order valence-electron chi connectivity index (χ0n) is 45.5. The van der Waals surface area contributed by atoms with Crippen molar-refractivity contribution in [3.63, 3.8) is 0 Å². The molecule has 0 radical (unpaired) electrons. The molecule has 0 aromatic rings. The SMILES string of the molecule is CCCCC/C=C\C/C=C\C/C=C\CCCCCCC(=O)NC(COP(=O)(O)OCC[N+](C)(C)C)C(/C=C\CCCCCCCCCCCCC)OC(=O)CC/C=C/C/C=C\CCCCCCCC. The maximum Gasteiger partial charge on any atom is 0.472 e. The van der Waals surface area contributed by atoms with E-state index in [1.54, 1.807) is 0 Å². The Morgan fingerprint density at radius 2 is 0.899 bits per heavy atom. The summed E-state index contributed by atoms with van der Waals surface area (Å²) in [4.78, 5) is 37.5. The second-order valence-electron chi connectivity index (χ2n) is 20.1. The van der Waals surface area contributed by atoms with Crippen molar-refractivity contribution in [1.82, 2.24) is 5.32 Å². The average molecular weight is 988 g/mol. The zero-order chi connectivity index (χ0) is 50.8. The van der Waals surface area contributed by atoms with Crippen LogP contribution in [0, 0.1) is 0 Å². The molecule has 9 nitrogen and oxygen atoms in total. The van der Waals surface area contributed by atoms with Gasteiger partial charge in [0.2, 0.25) is 5.91 Å². The molecule has 0 aliphatic carbocycles. The van der Waals surface area contributed by atoms with Gasteiger partial charge in [-0.15, -0.1) is 0 Å². The van der Waals surface area contributed by atoms with E-state index in [-0.39, 0.29) is 25.5 Å². The number of likely N-dealkylation sites (N-methyl/N-ethyl adjacent to an activating group) is 1. The van der Waals surface area contributed by atoms with Gasteiger partial charge in [0.25, 0.3) is 0 Å². The van der Waals surface area contributed by atoms with Gasteiger partial charge in [0.05, 0.1) is 33.8 Å². The molecule has 0 aromatic carbocycles. The predicted octanol–water partition coefficient (Wildman–Crippen LogP) is 16.9. The molecule has 69 heavy (non-hydrogen) atoms. The molecule has 0 saturated heterocycles.